The fourth-order valence-electron chi connectivity index (χ4n) is 1.04. The van der Waals surface area contributed by atoms with Gasteiger partial charge in [-0.15, -0.1) is 18.2 Å². The molecule has 1 aliphatic rings. The molecule has 0 bridgehead atoms. The van der Waals surface area contributed by atoms with Crippen molar-refractivity contribution in [3.05, 3.63) is 17.5 Å². The molecule has 1 nitrogen and oxygen atoms in total. The summed E-state index contributed by atoms with van der Waals surface area (Å²) < 4.78 is 37.1. The molecule has 0 spiro atoms. The molecule has 0 aromatic heterocycles. The molecular weight excluding hydrogens is 199 g/mol. The highest BCUT2D eigenvalue weighted by atomic mass is 32.2. The Hall–Kier alpha value is -0.760. The van der Waals surface area contributed by atoms with Gasteiger partial charge in [0.15, 0.2) is 0 Å². The summed E-state index contributed by atoms with van der Waals surface area (Å²) in [5.74, 6) is 2.42. The number of thioether (sulfide) groups is 1. The zero-order chi connectivity index (χ0) is 10.1. The Labute approximate surface area is 79.0 Å². The van der Waals surface area contributed by atoms with Gasteiger partial charge in [-0.05, 0) is 6.92 Å². The molecule has 1 rings (SSSR count). The van der Waals surface area contributed by atoms with Crippen LogP contribution in [0.25, 0.3) is 0 Å². The van der Waals surface area contributed by atoms with Gasteiger partial charge in [0.1, 0.15) is 5.70 Å². The van der Waals surface area contributed by atoms with Crippen LogP contribution in [0, 0.1) is 19.3 Å². The van der Waals surface area contributed by atoms with Crippen LogP contribution in [0.4, 0.5) is 13.2 Å². The minimum atomic E-state index is -4.35. The van der Waals surface area contributed by atoms with Crippen molar-refractivity contribution in [1.29, 1.82) is 0 Å². The molecule has 71 valence electrons. The van der Waals surface area contributed by atoms with Gasteiger partial charge in [0.05, 0.1) is 12.4 Å². The normalized spacial score (nSPS) is 17.9. The molecule has 0 saturated heterocycles. The van der Waals surface area contributed by atoms with E-state index >= 15 is 0 Å². The highest BCUT2D eigenvalue weighted by Crippen LogP contribution is 2.40. The summed E-state index contributed by atoms with van der Waals surface area (Å²) in [4.78, 5) is 1.15. The van der Waals surface area contributed by atoms with Crippen molar-refractivity contribution in [2.24, 2.45) is 0 Å². The average molecular weight is 206 g/mol. The number of rotatable bonds is 1. The van der Waals surface area contributed by atoms with Gasteiger partial charge in [0.2, 0.25) is 0 Å². The third-order valence-electron chi connectivity index (χ3n) is 1.53. The first-order valence-electron chi connectivity index (χ1n) is 3.41. The molecule has 0 N–H and O–H groups in total. The van der Waals surface area contributed by atoms with Gasteiger partial charge in [0.25, 0.3) is 0 Å². The van der Waals surface area contributed by atoms with E-state index < -0.39 is 11.9 Å². The monoisotopic (exact) mass is 206 g/mol. The molecule has 0 aliphatic carbocycles. The van der Waals surface area contributed by atoms with Crippen LogP contribution < -0.4 is 0 Å². The lowest BCUT2D eigenvalue weighted by Crippen LogP contribution is -2.29. The van der Waals surface area contributed by atoms with Crippen LogP contribution in [-0.4, -0.2) is 23.5 Å². The van der Waals surface area contributed by atoms with Crippen molar-refractivity contribution in [1.82, 2.24) is 4.90 Å². The van der Waals surface area contributed by atoms with E-state index in [9.17, 15) is 13.2 Å². The van der Waals surface area contributed by atoms with Gasteiger partial charge in [-0.3, -0.25) is 0 Å². The van der Waals surface area contributed by atoms with E-state index in [1.807, 2.05) is 0 Å². The zero-order valence-electron chi connectivity index (χ0n) is 6.69. The van der Waals surface area contributed by atoms with E-state index in [-0.39, 0.29) is 17.3 Å². The third kappa shape index (κ3) is 2.13. The van der Waals surface area contributed by atoms with E-state index in [1.54, 1.807) is 0 Å². The summed E-state index contributed by atoms with van der Waals surface area (Å²) in [6, 6.07) is 0. The van der Waals surface area contributed by atoms with Crippen LogP contribution in [0.3, 0.4) is 0 Å². The maximum Gasteiger partial charge on any atom is 0.431 e. The van der Waals surface area contributed by atoms with E-state index in [0.717, 1.165) is 16.7 Å². The average Bonchev–Trinajstić information content (AvgIpc) is 2.31. The molecule has 0 amide bonds. The van der Waals surface area contributed by atoms with Crippen molar-refractivity contribution in [3.8, 4) is 12.3 Å². The van der Waals surface area contributed by atoms with Crippen LogP contribution >= 0.6 is 11.8 Å². The lowest BCUT2D eigenvalue weighted by molar-refractivity contribution is -0.108. The SMILES string of the molecule is C#CCN1CSC([CH2])=C1C(F)(F)F. The third-order valence-corrected chi connectivity index (χ3v) is 2.51. The largest absolute Gasteiger partial charge is 0.431 e. The Morgan fingerprint density at radius 1 is 1.62 bits per heavy atom. The molecule has 0 fully saturated rings. The van der Waals surface area contributed by atoms with Gasteiger partial charge in [-0.2, -0.15) is 13.2 Å². The second kappa shape index (κ2) is 3.54. The van der Waals surface area contributed by atoms with Gasteiger partial charge in [-0.25, -0.2) is 0 Å². The summed E-state index contributed by atoms with van der Waals surface area (Å²) in [5.41, 5.74) is -0.699. The van der Waals surface area contributed by atoms with Crippen molar-refractivity contribution < 1.29 is 13.2 Å². The summed E-state index contributed by atoms with van der Waals surface area (Å²) in [7, 11) is 0. The van der Waals surface area contributed by atoms with Crippen molar-refractivity contribution in [2.45, 2.75) is 6.18 Å². The minimum absolute atomic E-state index is 0.0269. The van der Waals surface area contributed by atoms with Crippen LogP contribution in [0.1, 0.15) is 0 Å². The fraction of sp³-hybridized carbons (Fsp3) is 0.375. The molecule has 0 aromatic rings. The minimum Gasteiger partial charge on any atom is -0.346 e. The summed E-state index contributed by atoms with van der Waals surface area (Å²) in [6.45, 7) is 3.30. The molecule has 0 saturated carbocycles. The lowest BCUT2D eigenvalue weighted by atomic mass is 10.3. The first-order valence-corrected chi connectivity index (χ1v) is 4.40. The highest BCUT2D eigenvalue weighted by Gasteiger charge is 2.41. The van der Waals surface area contributed by atoms with Crippen LogP contribution in [0.2, 0.25) is 0 Å². The zero-order valence-corrected chi connectivity index (χ0v) is 7.50. The number of halogens is 3. The predicted molar refractivity (Wildman–Crippen MR) is 46.4 cm³/mol. The maximum absolute atomic E-state index is 12.4. The molecule has 1 heterocycles. The first-order chi connectivity index (χ1) is 5.96. The highest BCUT2D eigenvalue weighted by molar-refractivity contribution is 8.03. The number of terminal acetylenes is 1. The van der Waals surface area contributed by atoms with E-state index in [2.05, 4.69) is 12.8 Å². The number of hydrogen-bond donors (Lipinski definition) is 0. The van der Waals surface area contributed by atoms with Crippen molar-refractivity contribution >= 4 is 11.8 Å². The Kier molecular flexibility index (Phi) is 2.81. The van der Waals surface area contributed by atoms with Gasteiger partial charge in [-0.1, -0.05) is 5.92 Å². The molecule has 5 heteroatoms. The molecule has 13 heavy (non-hydrogen) atoms. The van der Waals surface area contributed by atoms with Crippen LogP contribution in [0.15, 0.2) is 10.6 Å². The topological polar surface area (TPSA) is 3.24 Å². The van der Waals surface area contributed by atoms with Crippen LogP contribution in [0.5, 0.6) is 0 Å². The molecule has 1 aliphatic heterocycles. The summed E-state index contributed by atoms with van der Waals surface area (Å²) in [6.07, 6.45) is 0.598. The smallest absolute Gasteiger partial charge is 0.346 e. The van der Waals surface area contributed by atoms with E-state index in [4.69, 9.17) is 6.42 Å². The van der Waals surface area contributed by atoms with E-state index in [1.165, 1.54) is 0 Å². The van der Waals surface area contributed by atoms with Crippen molar-refractivity contribution in [2.75, 3.05) is 12.4 Å². The van der Waals surface area contributed by atoms with Gasteiger partial charge in [0, 0.05) is 4.91 Å². The molecule has 0 aromatic carbocycles. The quantitative estimate of drug-likeness (QED) is 0.605. The summed E-state index contributed by atoms with van der Waals surface area (Å²) >= 11 is 1.06. The van der Waals surface area contributed by atoms with Gasteiger partial charge >= 0.3 is 6.18 Å². The van der Waals surface area contributed by atoms with E-state index in [0.29, 0.717) is 0 Å². The first kappa shape index (κ1) is 10.3. The second-order valence-corrected chi connectivity index (χ2v) is 3.48. The number of nitrogens with zero attached hydrogens (tertiary/aromatic N) is 1. The molecular formula is C8H7F3NS. The molecule has 0 atom stereocenters. The second-order valence-electron chi connectivity index (χ2n) is 2.45. The standard InChI is InChI=1S/C8H7F3NS/c1-3-4-12-5-13-6(2)7(12)8(9,10)11/h1H,2,4-5H2. The Morgan fingerprint density at radius 2 is 2.23 bits per heavy atom. The molecule has 1 radical (unpaired) electrons. The fourth-order valence-corrected chi connectivity index (χ4v) is 1.95. The lowest BCUT2D eigenvalue weighted by Gasteiger charge is -2.20. The molecule has 0 unspecified atom stereocenters. The maximum atomic E-state index is 12.4. The van der Waals surface area contributed by atoms with Gasteiger partial charge < -0.3 is 4.90 Å². The number of allylic oxidation sites excluding steroid dienone is 2. The van der Waals surface area contributed by atoms with Crippen molar-refractivity contribution in [3.63, 3.8) is 0 Å². The summed E-state index contributed by atoms with van der Waals surface area (Å²) in [5, 5.41) is 0. The van der Waals surface area contributed by atoms with Crippen LogP contribution in [-0.2, 0) is 0 Å². The number of alkyl halides is 3. The Balaban J connectivity index is 2.90. The Morgan fingerprint density at radius 3 is 2.69 bits per heavy atom. The Bertz CT molecular complexity index is 274. The number of hydrogen-bond acceptors (Lipinski definition) is 2. The predicted octanol–water partition coefficient (Wildman–Crippen LogP) is 2.23.